The lowest BCUT2D eigenvalue weighted by molar-refractivity contribution is 0.103. The molecule has 0 spiro atoms. The minimum Gasteiger partial charge on any atom is -0.493 e. The van der Waals surface area contributed by atoms with E-state index in [9.17, 15) is 4.79 Å². The molecular weight excluding hydrogens is 348 g/mol. The summed E-state index contributed by atoms with van der Waals surface area (Å²) >= 11 is 0. The predicted octanol–water partition coefficient (Wildman–Crippen LogP) is 6.19. The molecule has 0 bridgehead atoms. The fraction of sp³-hybridized carbons (Fsp3) is 0.480. The number of hydrogen-bond donors (Lipinski definition) is 1. The van der Waals surface area contributed by atoms with Crippen LogP contribution >= 0.6 is 0 Å². The summed E-state index contributed by atoms with van der Waals surface area (Å²) < 4.78 is 5.92. The minimum atomic E-state index is 0.00943. The van der Waals surface area contributed by atoms with Gasteiger partial charge in [-0.05, 0) is 25.0 Å². The first-order valence-corrected chi connectivity index (χ1v) is 10.8. The molecule has 0 saturated carbocycles. The topological polar surface area (TPSA) is 46.5 Å². The predicted molar refractivity (Wildman–Crippen MR) is 115 cm³/mol. The molecule has 28 heavy (non-hydrogen) atoms. The number of carbonyl (C=O) groups excluding carboxylic acids is 1. The maximum Gasteiger partial charge on any atom is 0.196 e. The Labute approximate surface area is 169 Å². The number of para-hydroxylation sites is 1. The van der Waals surface area contributed by atoms with Crippen LogP contribution in [0, 0.1) is 0 Å². The Morgan fingerprint density at radius 2 is 1.21 bits per heavy atom. The summed E-state index contributed by atoms with van der Waals surface area (Å²) in [5.41, 5.74) is 1.32. The molecule has 0 saturated heterocycles. The average Bonchev–Trinajstić information content (AvgIpc) is 2.75. The lowest BCUT2D eigenvalue weighted by atomic mass is 10.0. The van der Waals surface area contributed by atoms with E-state index in [-0.39, 0.29) is 5.78 Å². The average molecular weight is 383 g/mol. The molecule has 0 aliphatic heterocycles. The molecule has 152 valence electrons. The van der Waals surface area contributed by atoms with Crippen molar-refractivity contribution >= 4 is 5.78 Å². The van der Waals surface area contributed by atoms with Crippen LogP contribution in [0.1, 0.15) is 80.1 Å². The van der Waals surface area contributed by atoms with Crippen molar-refractivity contribution in [1.29, 1.82) is 0 Å². The molecule has 0 radical (unpaired) electrons. The standard InChI is InChI=1S/C25H34O3/c26-20-14-7-5-3-1-2-4-6-8-15-21-28-24-19-13-12-18-23(24)25(27)22-16-10-9-11-17-22/h9-13,16-19,26H,1-8,14-15,20-21H2. The largest absolute Gasteiger partial charge is 0.493 e. The molecule has 3 heteroatoms. The van der Waals surface area contributed by atoms with Crippen LogP contribution in [0.2, 0.25) is 0 Å². The number of rotatable bonds is 15. The highest BCUT2D eigenvalue weighted by atomic mass is 16.5. The van der Waals surface area contributed by atoms with Crippen LogP contribution in [-0.2, 0) is 0 Å². The summed E-state index contributed by atoms with van der Waals surface area (Å²) in [5, 5.41) is 8.75. The number of ketones is 1. The van der Waals surface area contributed by atoms with Gasteiger partial charge in [-0.1, -0.05) is 93.8 Å². The maximum atomic E-state index is 12.7. The monoisotopic (exact) mass is 382 g/mol. The van der Waals surface area contributed by atoms with Gasteiger partial charge in [-0.25, -0.2) is 0 Å². The van der Waals surface area contributed by atoms with Gasteiger partial charge in [0.05, 0.1) is 12.2 Å². The highest BCUT2D eigenvalue weighted by Crippen LogP contribution is 2.22. The highest BCUT2D eigenvalue weighted by Gasteiger charge is 2.13. The van der Waals surface area contributed by atoms with Crippen LogP contribution in [0.4, 0.5) is 0 Å². The van der Waals surface area contributed by atoms with Gasteiger partial charge in [-0.2, -0.15) is 0 Å². The number of carbonyl (C=O) groups is 1. The molecule has 1 N–H and O–H groups in total. The summed E-state index contributed by atoms with van der Waals surface area (Å²) in [7, 11) is 0. The lowest BCUT2D eigenvalue weighted by Crippen LogP contribution is -2.06. The number of aliphatic hydroxyl groups excluding tert-OH is 1. The van der Waals surface area contributed by atoms with Crippen molar-refractivity contribution in [3.05, 3.63) is 65.7 Å². The van der Waals surface area contributed by atoms with E-state index in [1.165, 1.54) is 44.9 Å². The van der Waals surface area contributed by atoms with Gasteiger partial charge in [0.1, 0.15) is 5.75 Å². The van der Waals surface area contributed by atoms with Crippen molar-refractivity contribution in [2.45, 2.75) is 64.2 Å². The van der Waals surface area contributed by atoms with Crippen molar-refractivity contribution in [3.63, 3.8) is 0 Å². The molecule has 0 aliphatic rings. The third-order valence-corrected chi connectivity index (χ3v) is 4.98. The summed E-state index contributed by atoms with van der Waals surface area (Å²) in [6.07, 6.45) is 11.9. The summed E-state index contributed by atoms with van der Waals surface area (Å²) in [4.78, 5) is 12.7. The fourth-order valence-corrected chi connectivity index (χ4v) is 3.34. The Bertz CT molecular complexity index is 667. The maximum absolute atomic E-state index is 12.7. The zero-order valence-electron chi connectivity index (χ0n) is 16.9. The Balaban J connectivity index is 1.62. The molecule has 2 aromatic rings. The first-order chi connectivity index (χ1) is 13.8. The molecular formula is C25H34O3. The van der Waals surface area contributed by atoms with E-state index in [4.69, 9.17) is 9.84 Å². The molecule has 0 atom stereocenters. The molecule has 0 heterocycles. The molecule has 2 aromatic carbocycles. The van der Waals surface area contributed by atoms with Crippen molar-refractivity contribution < 1.29 is 14.6 Å². The first kappa shape index (κ1) is 22.2. The van der Waals surface area contributed by atoms with E-state index in [0.717, 1.165) is 19.3 Å². The van der Waals surface area contributed by atoms with Crippen LogP contribution in [-0.4, -0.2) is 24.1 Å². The second-order valence-electron chi connectivity index (χ2n) is 7.30. The van der Waals surface area contributed by atoms with Crippen LogP contribution in [0.5, 0.6) is 5.75 Å². The summed E-state index contributed by atoms with van der Waals surface area (Å²) in [6.45, 7) is 0.979. The number of benzene rings is 2. The quantitative estimate of drug-likeness (QED) is 0.295. The normalized spacial score (nSPS) is 10.8. The summed E-state index contributed by atoms with van der Waals surface area (Å²) in [6, 6.07) is 16.9. The zero-order valence-corrected chi connectivity index (χ0v) is 16.9. The van der Waals surface area contributed by atoms with Gasteiger partial charge >= 0.3 is 0 Å². The Morgan fingerprint density at radius 1 is 0.679 bits per heavy atom. The van der Waals surface area contributed by atoms with Crippen molar-refractivity contribution in [2.75, 3.05) is 13.2 Å². The third kappa shape index (κ3) is 8.26. The van der Waals surface area contributed by atoms with Gasteiger partial charge in [0.2, 0.25) is 0 Å². The van der Waals surface area contributed by atoms with Crippen molar-refractivity contribution in [3.8, 4) is 5.75 Å². The fourth-order valence-electron chi connectivity index (χ4n) is 3.34. The first-order valence-electron chi connectivity index (χ1n) is 10.8. The Morgan fingerprint density at radius 3 is 1.86 bits per heavy atom. The van der Waals surface area contributed by atoms with Crippen LogP contribution in [0.15, 0.2) is 54.6 Å². The minimum absolute atomic E-state index is 0.00943. The third-order valence-electron chi connectivity index (χ3n) is 4.98. The van der Waals surface area contributed by atoms with Gasteiger partial charge in [0, 0.05) is 12.2 Å². The Hall–Kier alpha value is -2.13. The smallest absolute Gasteiger partial charge is 0.196 e. The molecule has 0 aliphatic carbocycles. The van der Waals surface area contributed by atoms with E-state index in [1.54, 1.807) is 0 Å². The van der Waals surface area contributed by atoms with Gasteiger partial charge in [0.25, 0.3) is 0 Å². The molecule has 0 fully saturated rings. The van der Waals surface area contributed by atoms with E-state index in [2.05, 4.69) is 0 Å². The summed E-state index contributed by atoms with van der Waals surface area (Å²) in [5.74, 6) is 0.689. The van der Waals surface area contributed by atoms with E-state index in [0.29, 0.717) is 30.1 Å². The SMILES string of the molecule is O=C(c1ccccc1)c1ccccc1OCCCCCCCCCCCCO. The zero-order chi connectivity index (χ0) is 19.9. The van der Waals surface area contributed by atoms with Crippen molar-refractivity contribution in [1.82, 2.24) is 0 Å². The lowest BCUT2D eigenvalue weighted by Gasteiger charge is -2.11. The number of aliphatic hydroxyl groups is 1. The molecule has 0 unspecified atom stereocenters. The second-order valence-corrected chi connectivity index (χ2v) is 7.30. The van der Waals surface area contributed by atoms with E-state index in [1.807, 2.05) is 54.6 Å². The molecule has 3 nitrogen and oxygen atoms in total. The molecule has 0 amide bonds. The van der Waals surface area contributed by atoms with Crippen LogP contribution in [0.25, 0.3) is 0 Å². The van der Waals surface area contributed by atoms with Gasteiger partial charge < -0.3 is 9.84 Å². The van der Waals surface area contributed by atoms with E-state index >= 15 is 0 Å². The second kappa shape index (κ2) is 14.0. The van der Waals surface area contributed by atoms with Gasteiger partial charge in [-0.3, -0.25) is 4.79 Å². The van der Waals surface area contributed by atoms with Crippen LogP contribution in [0.3, 0.4) is 0 Å². The van der Waals surface area contributed by atoms with Crippen LogP contribution < -0.4 is 4.74 Å². The Kier molecular flexibility index (Phi) is 11.0. The molecule has 0 aromatic heterocycles. The number of ether oxygens (including phenoxy) is 1. The van der Waals surface area contributed by atoms with Gasteiger partial charge in [0.15, 0.2) is 5.78 Å². The van der Waals surface area contributed by atoms with E-state index < -0.39 is 0 Å². The number of hydrogen-bond acceptors (Lipinski definition) is 3. The van der Waals surface area contributed by atoms with Crippen molar-refractivity contribution in [2.24, 2.45) is 0 Å². The number of unbranched alkanes of at least 4 members (excludes halogenated alkanes) is 9. The van der Waals surface area contributed by atoms with Gasteiger partial charge in [-0.15, -0.1) is 0 Å². The highest BCUT2D eigenvalue weighted by molar-refractivity contribution is 6.10. The molecule has 2 rings (SSSR count).